The Labute approximate surface area is 93.8 Å². The van der Waals surface area contributed by atoms with Crippen LogP contribution in [0.5, 0.6) is 0 Å². The van der Waals surface area contributed by atoms with E-state index in [0.29, 0.717) is 31.3 Å². The highest BCUT2D eigenvalue weighted by Gasteiger charge is 2.23. The number of hydrogen-bond donors (Lipinski definition) is 3. The first-order valence-electron chi connectivity index (χ1n) is 5.19. The summed E-state index contributed by atoms with van der Waals surface area (Å²) in [6.45, 7) is 1.86. The maximum atomic E-state index is 9.24. The Hall–Kier alpha value is -1.53. The number of aromatic nitrogens is 1. The van der Waals surface area contributed by atoms with Crippen LogP contribution in [0.25, 0.3) is 0 Å². The van der Waals surface area contributed by atoms with Gasteiger partial charge in [0, 0.05) is 6.54 Å². The van der Waals surface area contributed by atoms with Gasteiger partial charge in [0.15, 0.2) is 0 Å². The molecule has 0 saturated carbocycles. The van der Waals surface area contributed by atoms with Crippen LogP contribution < -0.4 is 16.4 Å². The molecule has 6 nitrogen and oxygen atoms in total. The third-order valence-corrected chi connectivity index (χ3v) is 2.68. The van der Waals surface area contributed by atoms with Crippen LogP contribution >= 0.6 is 0 Å². The summed E-state index contributed by atoms with van der Waals surface area (Å²) in [5, 5.41) is 9.24. The average Bonchev–Trinajstić information content (AvgIpc) is 2.32. The van der Waals surface area contributed by atoms with E-state index in [2.05, 4.69) is 4.98 Å². The van der Waals surface area contributed by atoms with E-state index in [1.165, 1.54) is 0 Å². The minimum Gasteiger partial charge on any atom is -0.396 e. The van der Waals surface area contributed by atoms with E-state index in [1.54, 1.807) is 12.1 Å². The zero-order chi connectivity index (χ0) is 11.5. The number of nitrogens with two attached hydrogens (primary N) is 2. The molecule has 1 aliphatic heterocycles. The highest BCUT2D eigenvalue weighted by Crippen LogP contribution is 2.21. The van der Waals surface area contributed by atoms with Gasteiger partial charge in [-0.05, 0) is 12.1 Å². The molecule has 0 bridgehead atoms. The molecule has 0 radical (unpaired) electrons. The normalized spacial score (nSPS) is 21.1. The molecule has 6 heteroatoms. The zero-order valence-electron chi connectivity index (χ0n) is 8.97. The van der Waals surface area contributed by atoms with Crippen molar-refractivity contribution in [1.82, 2.24) is 4.98 Å². The van der Waals surface area contributed by atoms with Crippen LogP contribution in [-0.4, -0.2) is 42.5 Å². The molecular formula is C10H16N4O2. The largest absolute Gasteiger partial charge is 0.396 e. The van der Waals surface area contributed by atoms with Crippen molar-refractivity contribution in [2.75, 3.05) is 42.7 Å². The Morgan fingerprint density at radius 2 is 2.31 bits per heavy atom. The van der Waals surface area contributed by atoms with Crippen LogP contribution in [0.3, 0.4) is 0 Å². The van der Waals surface area contributed by atoms with Crippen molar-refractivity contribution in [1.29, 1.82) is 0 Å². The van der Waals surface area contributed by atoms with Crippen molar-refractivity contribution in [3.63, 3.8) is 0 Å². The number of aliphatic hydroxyl groups is 1. The minimum atomic E-state index is -0.0655. The van der Waals surface area contributed by atoms with Crippen molar-refractivity contribution in [2.24, 2.45) is 0 Å². The van der Waals surface area contributed by atoms with Gasteiger partial charge in [-0.3, -0.25) is 0 Å². The van der Waals surface area contributed by atoms with Gasteiger partial charge in [-0.25, -0.2) is 4.98 Å². The van der Waals surface area contributed by atoms with Crippen LogP contribution in [0.2, 0.25) is 0 Å². The van der Waals surface area contributed by atoms with E-state index >= 15 is 0 Å². The molecule has 0 aromatic carbocycles. The van der Waals surface area contributed by atoms with Crippen molar-refractivity contribution in [3.05, 3.63) is 12.1 Å². The lowest BCUT2D eigenvalue weighted by Crippen LogP contribution is -2.48. The van der Waals surface area contributed by atoms with Crippen LogP contribution in [0.15, 0.2) is 12.1 Å². The topological polar surface area (TPSA) is 97.6 Å². The van der Waals surface area contributed by atoms with Gasteiger partial charge >= 0.3 is 0 Å². The number of hydrogen-bond acceptors (Lipinski definition) is 6. The molecule has 1 atom stereocenters. The highest BCUT2D eigenvalue weighted by atomic mass is 16.5. The molecule has 1 unspecified atom stereocenters. The predicted molar refractivity (Wildman–Crippen MR) is 62.1 cm³/mol. The predicted octanol–water partition coefficient (Wildman–Crippen LogP) is -0.556. The van der Waals surface area contributed by atoms with Crippen molar-refractivity contribution in [2.45, 2.75) is 6.04 Å². The van der Waals surface area contributed by atoms with Gasteiger partial charge in [-0.2, -0.15) is 0 Å². The van der Waals surface area contributed by atoms with E-state index in [4.69, 9.17) is 16.2 Å². The van der Waals surface area contributed by atoms with Crippen LogP contribution in [0.1, 0.15) is 0 Å². The Balaban J connectivity index is 2.23. The molecule has 5 N–H and O–H groups in total. The smallest absolute Gasteiger partial charge is 0.149 e. The molecule has 88 valence electrons. The highest BCUT2D eigenvalue weighted by molar-refractivity contribution is 5.62. The first-order valence-corrected chi connectivity index (χ1v) is 5.19. The van der Waals surface area contributed by atoms with Gasteiger partial charge in [0.2, 0.25) is 0 Å². The molecule has 1 fully saturated rings. The number of aliphatic hydroxyl groups excluding tert-OH is 1. The van der Waals surface area contributed by atoms with E-state index in [9.17, 15) is 5.11 Å². The molecule has 1 aromatic rings. The molecule has 16 heavy (non-hydrogen) atoms. The van der Waals surface area contributed by atoms with Crippen LogP contribution in [0, 0.1) is 0 Å². The average molecular weight is 224 g/mol. The van der Waals surface area contributed by atoms with Gasteiger partial charge in [0.1, 0.15) is 11.6 Å². The molecular weight excluding hydrogens is 208 g/mol. The Kier molecular flexibility index (Phi) is 3.12. The van der Waals surface area contributed by atoms with Crippen molar-refractivity contribution < 1.29 is 9.84 Å². The molecule has 0 amide bonds. The molecule has 1 aliphatic rings. The Bertz CT molecular complexity index is 372. The van der Waals surface area contributed by atoms with E-state index in [-0.39, 0.29) is 12.6 Å². The number of rotatable bonds is 2. The molecule has 1 saturated heterocycles. The summed E-state index contributed by atoms with van der Waals surface area (Å²) in [5.41, 5.74) is 11.7. The summed E-state index contributed by atoms with van der Waals surface area (Å²) >= 11 is 0. The molecule has 2 heterocycles. The van der Waals surface area contributed by atoms with E-state index < -0.39 is 0 Å². The van der Waals surface area contributed by atoms with E-state index in [1.807, 2.05) is 4.90 Å². The van der Waals surface area contributed by atoms with Gasteiger partial charge < -0.3 is 26.2 Å². The van der Waals surface area contributed by atoms with Crippen molar-refractivity contribution in [3.8, 4) is 0 Å². The van der Waals surface area contributed by atoms with Gasteiger partial charge in [-0.15, -0.1) is 0 Å². The summed E-state index contributed by atoms with van der Waals surface area (Å²) in [5.74, 6) is 1.05. The lowest BCUT2D eigenvalue weighted by molar-refractivity contribution is 0.0723. The molecule has 2 rings (SSSR count). The summed E-state index contributed by atoms with van der Waals surface area (Å²) in [7, 11) is 0. The lowest BCUT2D eigenvalue weighted by atomic mass is 10.2. The maximum absolute atomic E-state index is 9.24. The number of morpholine rings is 1. The maximum Gasteiger partial charge on any atom is 0.149 e. The number of nitrogen functional groups attached to an aromatic ring is 2. The third-order valence-electron chi connectivity index (χ3n) is 2.68. The second kappa shape index (κ2) is 4.54. The van der Waals surface area contributed by atoms with Gasteiger partial charge in [0.05, 0.1) is 31.5 Å². The second-order valence-corrected chi connectivity index (χ2v) is 3.75. The number of ether oxygens (including phenoxy) is 1. The first kappa shape index (κ1) is 11.0. The van der Waals surface area contributed by atoms with Crippen LogP contribution in [0.4, 0.5) is 17.3 Å². The molecule has 0 spiro atoms. The number of pyridine rings is 1. The molecule has 1 aromatic heterocycles. The fourth-order valence-corrected chi connectivity index (χ4v) is 1.74. The van der Waals surface area contributed by atoms with Crippen molar-refractivity contribution >= 4 is 17.3 Å². The summed E-state index contributed by atoms with van der Waals surface area (Å²) in [6.07, 6.45) is 0. The standard InChI is InChI=1S/C10H16N4O2/c11-8-1-2-9(13-10(8)12)14-3-4-16-6-7(14)5-15/h1-2,7,15H,3-6,11H2,(H2,12,13). The Morgan fingerprint density at radius 1 is 1.50 bits per heavy atom. The minimum absolute atomic E-state index is 0.0337. The first-order chi connectivity index (χ1) is 7.72. The lowest BCUT2D eigenvalue weighted by Gasteiger charge is -2.35. The SMILES string of the molecule is Nc1ccc(N2CCOCC2CO)nc1N. The molecule has 0 aliphatic carbocycles. The van der Waals surface area contributed by atoms with Gasteiger partial charge in [0.25, 0.3) is 0 Å². The van der Waals surface area contributed by atoms with Crippen LogP contribution in [-0.2, 0) is 4.74 Å². The van der Waals surface area contributed by atoms with E-state index in [0.717, 1.165) is 5.82 Å². The summed E-state index contributed by atoms with van der Waals surface area (Å²) in [4.78, 5) is 6.19. The summed E-state index contributed by atoms with van der Waals surface area (Å²) in [6, 6.07) is 3.46. The second-order valence-electron chi connectivity index (χ2n) is 3.75. The van der Waals surface area contributed by atoms with Gasteiger partial charge in [-0.1, -0.05) is 0 Å². The monoisotopic (exact) mass is 224 g/mol. The number of nitrogens with zero attached hydrogens (tertiary/aromatic N) is 2. The fourth-order valence-electron chi connectivity index (χ4n) is 1.74. The zero-order valence-corrected chi connectivity index (χ0v) is 8.97. The fraction of sp³-hybridized carbons (Fsp3) is 0.500. The Morgan fingerprint density at radius 3 is 3.00 bits per heavy atom. The summed E-state index contributed by atoms with van der Waals surface area (Å²) < 4.78 is 5.29. The third kappa shape index (κ3) is 2.02. The number of anilines is 3. The quantitative estimate of drug-likeness (QED) is 0.623.